The predicted molar refractivity (Wildman–Crippen MR) is 37.1 cm³/mol. The largest absolute Gasteiger partial charge is 0.235 e. The molecule has 0 fully saturated rings. The van der Waals surface area contributed by atoms with E-state index in [0.717, 1.165) is 19.3 Å². The Balaban J connectivity index is 3.53. The van der Waals surface area contributed by atoms with E-state index in [4.69, 9.17) is 0 Å². The van der Waals surface area contributed by atoms with Crippen molar-refractivity contribution in [2.75, 3.05) is 0 Å². The van der Waals surface area contributed by atoms with Gasteiger partial charge in [-0.25, -0.2) is 9.79 Å². The summed E-state index contributed by atoms with van der Waals surface area (Å²) in [4.78, 5) is 13.4. The number of carbonyl (C=O) groups excluding carboxylic acids is 1. The van der Waals surface area contributed by atoms with Gasteiger partial charge >= 0.3 is 0 Å². The third kappa shape index (κ3) is 3.92. The molecule has 0 aromatic carbocycles. The third-order valence-electron chi connectivity index (χ3n) is 1.33. The lowest BCUT2D eigenvalue weighted by Gasteiger charge is -2.02. The van der Waals surface area contributed by atoms with E-state index in [2.05, 4.69) is 11.9 Å². The van der Waals surface area contributed by atoms with Gasteiger partial charge < -0.3 is 0 Å². The molecule has 0 heterocycles. The highest BCUT2D eigenvalue weighted by atomic mass is 16.1. The van der Waals surface area contributed by atoms with E-state index in [1.165, 1.54) is 0 Å². The summed E-state index contributed by atoms with van der Waals surface area (Å²) < 4.78 is 0. The fourth-order valence-corrected chi connectivity index (χ4v) is 0.768. The maximum Gasteiger partial charge on any atom is 0.235 e. The Morgan fingerprint density at radius 3 is 2.56 bits per heavy atom. The van der Waals surface area contributed by atoms with E-state index < -0.39 is 0 Å². The quantitative estimate of drug-likeness (QED) is 0.419. The van der Waals surface area contributed by atoms with Gasteiger partial charge in [0.15, 0.2) is 0 Å². The molecule has 52 valence electrons. The van der Waals surface area contributed by atoms with Gasteiger partial charge in [-0.1, -0.05) is 20.3 Å². The Kier molecular flexibility index (Phi) is 5.14. The summed E-state index contributed by atoms with van der Waals surface area (Å²) in [7, 11) is 0. The van der Waals surface area contributed by atoms with Gasteiger partial charge in [-0.05, 0) is 12.8 Å². The molecule has 0 aromatic heterocycles. The van der Waals surface area contributed by atoms with E-state index in [1.54, 1.807) is 6.08 Å². The lowest BCUT2D eigenvalue weighted by Crippen LogP contribution is -2.00. The monoisotopic (exact) mass is 127 g/mol. The van der Waals surface area contributed by atoms with E-state index in [-0.39, 0.29) is 6.04 Å². The van der Waals surface area contributed by atoms with Gasteiger partial charge in [-0.3, -0.25) is 0 Å². The maximum atomic E-state index is 9.76. The van der Waals surface area contributed by atoms with Crippen molar-refractivity contribution in [1.29, 1.82) is 0 Å². The van der Waals surface area contributed by atoms with Crippen LogP contribution >= 0.6 is 0 Å². The molecule has 0 bridgehead atoms. The first-order valence-electron chi connectivity index (χ1n) is 3.42. The van der Waals surface area contributed by atoms with Gasteiger partial charge in [-0.15, -0.1) is 0 Å². The predicted octanol–water partition coefficient (Wildman–Crippen LogP) is 1.90. The molecule has 0 saturated heterocycles. The zero-order valence-electron chi connectivity index (χ0n) is 6.05. The van der Waals surface area contributed by atoms with Crippen molar-refractivity contribution in [3.8, 4) is 0 Å². The summed E-state index contributed by atoms with van der Waals surface area (Å²) >= 11 is 0. The Morgan fingerprint density at radius 2 is 2.22 bits per heavy atom. The van der Waals surface area contributed by atoms with Crippen LogP contribution in [0.1, 0.15) is 33.1 Å². The van der Waals surface area contributed by atoms with Crippen LogP contribution in [0.3, 0.4) is 0 Å². The number of rotatable bonds is 4. The van der Waals surface area contributed by atoms with Crippen LogP contribution in [0.5, 0.6) is 0 Å². The van der Waals surface area contributed by atoms with Gasteiger partial charge in [0.1, 0.15) is 0 Å². The van der Waals surface area contributed by atoms with Crippen LogP contribution in [0.15, 0.2) is 4.99 Å². The molecule has 1 atom stereocenters. The summed E-state index contributed by atoms with van der Waals surface area (Å²) in [6.07, 6.45) is 4.62. The van der Waals surface area contributed by atoms with Gasteiger partial charge in [0, 0.05) is 0 Å². The highest BCUT2D eigenvalue weighted by Crippen LogP contribution is 2.03. The molecule has 0 radical (unpaired) electrons. The molecule has 9 heavy (non-hydrogen) atoms. The highest BCUT2D eigenvalue weighted by Gasteiger charge is 1.99. The Bertz CT molecular complexity index is 105. The Hall–Kier alpha value is -0.620. The summed E-state index contributed by atoms with van der Waals surface area (Å²) in [5.41, 5.74) is 0. The van der Waals surface area contributed by atoms with E-state index in [1.807, 2.05) is 6.92 Å². The Labute approximate surface area is 56.0 Å². The van der Waals surface area contributed by atoms with Crippen LogP contribution in [0.25, 0.3) is 0 Å². The molecule has 1 unspecified atom stereocenters. The summed E-state index contributed by atoms with van der Waals surface area (Å²) in [6.45, 7) is 4.12. The molecule has 0 spiro atoms. The summed E-state index contributed by atoms with van der Waals surface area (Å²) in [5.74, 6) is 0. The zero-order valence-corrected chi connectivity index (χ0v) is 6.05. The number of hydrogen-bond acceptors (Lipinski definition) is 2. The molecular formula is C7H13NO. The third-order valence-corrected chi connectivity index (χ3v) is 1.33. The second kappa shape index (κ2) is 5.52. The lowest BCUT2D eigenvalue weighted by atomic mass is 10.1. The SMILES string of the molecule is CCCC(CC)N=C=O. The number of hydrogen-bond donors (Lipinski definition) is 0. The first-order chi connectivity index (χ1) is 4.35. The number of nitrogens with zero attached hydrogens (tertiary/aromatic N) is 1. The molecule has 0 aliphatic heterocycles. The van der Waals surface area contributed by atoms with Crippen molar-refractivity contribution in [3.05, 3.63) is 0 Å². The van der Waals surface area contributed by atoms with Crippen LogP contribution in [0.2, 0.25) is 0 Å². The van der Waals surface area contributed by atoms with Gasteiger partial charge in [-0.2, -0.15) is 0 Å². The van der Waals surface area contributed by atoms with Gasteiger partial charge in [0.2, 0.25) is 6.08 Å². The van der Waals surface area contributed by atoms with Crippen molar-refractivity contribution >= 4 is 6.08 Å². The van der Waals surface area contributed by atoms with E-state index in [9.17, 15) is 4.79 Å². The van der Waals surface area contributed by atoms with E-state index in [0.29, 0.717) is 0 Å². The fraction of sp³-hybridized carbons (Fsp3) is 0.857. The molecular weight excluding hydrogens is 114 g/mol. The van der Waals surface area contributed by atoms with Crippen molar-refractivity contribution in [2.45, 2.75) is 39.2 Å². The molecule has 0 amide bonds. The molecule has 0 saturated carbocycles. The smallest absolute Gasteiger partial charge is 0.211 e. The molecule has 0 rings (SSSR count). The minimum atomic E-state index is 0.215. The van der Waals surface area contributed by atoms with Crippen LogP contribution in [-0.4, -0.2) is 12.1 Å². The zero-order chi connectivity index (χ0) is 7.11. The second-order valence-electron chi connectivity index (χ2n) is 2.07. The van der Waals surface area contributed by atoms with Crippen molar-refractivity contribution < 1.29 is 4.79 Å². The lowest BCUT2D eigenvalue weighted by molar-refractivity contribution is 0.542. The van der Waals surface area contributed by atoms with Crippen LogP contribution in [0.4, 0.5) is 0 Å². The van der Waals surface area contributed by atoms with E-state index >= 15 is 0 Å². The average molecular weight is 127 g/mol. The minimum Gasteiger partial charge on any atom is -0.211 e. The first-order valence-corrected chi connectivity index (χ1v) is 3.42. The van der Waals surface area contributed by atoms with Gasteiger partial charge in [0.05, 0.1) is 6.04 Å². The van der Waals surface area contributed by atoms with Crippen LogP contribution < -0.4 is 0 Å². The number of aliphatic imine (C=N–C) groups is 1. The van der Waals surface area contributed by atoms with Crippen LogP contribution in [0, 0.1) is 0 Å². The topological polar surface area (TPSA) is 29.4 Å². The second-order valence-corrected chi connectivity index (χ2v) is 2.07. The van der Waals surface area contributed by atoms with Crippen molar-refractivity contribution in [1.82, 2.24) is 0 Å². The molecule has 0 aliphatic carbocycles. The first kappa shape index (κ1) is 8.38. The van der Waals surface area contributed by atoms with Crippen molar-refractivity contribution in [3.63, 3.8) is 0 Å². The fourth-order valence-electron chi connectivity index (χ4n) is 0.768. The average Bonchev–Trinajstić information content (AvgIpc) is 1.88. The highest BCUT2D eigenvalue weighted by molar-refractivity contribution is 5.33. The standard InChI is InChI=1S/C7H13NO/c1-3-5-7(4-2)8-6-9/h7H,3-5H2,1-2H3. The molecule has 0 aromatic rings. The molecule has 0 N–H and O–H groups in total. The summed E-state index contributed by atoms with van der Waals surface area (Å²) in [6, 6.07) is 0.215. The maximum absolute atomic E-state index is 9.76. The molecule has 2 heteroatoms. The summed E-state index contributed by atoms with van der Waals surface area (Å²) in [5, 5.41) is 0. The number of isocyanates is 1. The van der Waals surface area contributed by atoms with Crippen LogP contribution in [-0.2, 0) is 4.79 Å². The minimum absolute atomic E-state index is 0.215. The molecule has 2 nitrogen and oxygen atoms in total. The normalized spacial score (nSPS) is 12.2. The van der Waals surface area contributed by atoms with Gasteiger partial charge in [0.25, 0.3) is 0 Å². The van der Waals surface area contributed by atoms with Crippen molar-refractivity contribution in [2.24, 2.45) is 4.99 Å². The Morgan fingerprint density at radius 1 is 1.56 bits per heavy atom. The molecule has 0 aliphatic rings.